The highest BCUT2D eigenvalue weighted by molar-refractivity contribution is 6.10. The van der Waals surface area contributed by atoms with Gasteiger partial charge in [-0.2, -0.15) is 0 Å². The number of anilines is 3. The van der Waals surface area contributed by atoms with Crippen LogP contribution in [0.15, 0.2) is 121 Å². The average molecular weight is 517 g/mol. The summed E-state index contributed by atoms with van der Waals surface area (Å²) in [7, 11) is 0. The maximum Gasteiger partial charge on any atom is 0.193 e. The molecule has 39 heavy (non-hydrogen) atoms. The van der Waals surface area contributed by atoms with Gasteiger partial charge in [-0.1, -0.05) is 84.9 Å². The summed E-state index contributed by atoms with van der Waals surface area (Å²) in [5.74, 6) is -0.291. The normalized spacial score (nSPS) is 10.2. The van der Waals surface area contributed by atoms with Crippen LogP contribution in [0.3, 0.4) is 0 Å². The van der Waals surface area contributed by atoms with Crippen LogP contribution in [0.2, 0.25) is 0 Å². The van der Waals surface area contributed by atoms with E-state index < -0.39 is 0 Å². The Kier molecular flexibility index (Phi) is 8.64. The van der Waals surface area contributed by atoms with E-state index in [0.29, 0.717) is 27.9 Å². The largest absolute Gasteiger partial charge is 0.398 e. The standard InChI is InChI=1S/C20H16FNO.C14H13NO/c1-14-7-8-16(20(23)15-5-3-2-4-6-15)13-19(14)22-18-11-9-17(21)10-12-18;1-10-7-8-12(9-13(10)15)14(16)11-5-3-2-4-6-11/h2-13,22H,1H3;2-9H,15H2,1H3. The van der Waals surface area contributed by atoms with Crippen molar-refractivity contribution in [1.82, 2.24) is 0 Å². The first-order valence-electron chi connectivity index (χ1n) is 12.5. The van der Waals surface area contributed by atoms with Gasteiger partial charge in [-0.15, -0.1) is 0 Å². The van der Waals surface area contributed by atoms with Gasteiger partial charge in [0.05, 0.1) is 0 Å². The summed E-state index contributed by atoms with van der Waals surface area (Å²) >= 11 is 0. The summed E-state index contributed by atoms with van der Waals surface area (Å²) in [6.07, 6.45) is 0. The Labute approximate surface area is 228 Å². The zero-order valence-corrected chi connectivity index (χ0v) is 21.8. The number of hydrogen-bond acceptors (Lipinski definition) is 4. The predicted octanol–water partition coefficient (Wildman–Crippen LogP) is 7.92. The minimum absolute atomic E-state index is 0.00676. The monoisotopic (exact) mass is 516 g/mol. The molecule has 0 saturated carbocycles. The molecule has 0 aromatic heterocycles. The Balaban J connectivity index is 0.000000193. The Bertz CT molecular complexity index is 1580. The van der Waals surface area contributed by atoms with Gasteiger partial charge in [0.2, 0.25) is 0 Å². The number of aryl methyl sites for hydroxylation is 2. The highest BCUT2D eigenvalue weighted by Crippen LogP contribution is 2.23. The van der Waals surface area contributed by atoms with E-state index in [0.717, 1.165) is 22.5 Å². The number of nitrogen functional groups attached to an aromatic ring is 1. The maximum absolute atomic E-state index is 13.0. The summed E-state index contributed by atoms with van der Waals surface area (Å²) in [6.45, 7) is 3.88. The molecule has 0 aliphatic rings. The summed E-state index contributed by atoms with van der Waals surface area (Å²) in [5, 5.41) is 3.23. The molecular weight excluding hydrogens is 487 g/mol. The number of carbonyl (C=O) groups is 2. The third-order valence-electron chi connectivity index (χ3n) is 6.24. The first kappa shape index (κ1) is 27.0. The van der Waals surface area contributed by atoms with Crippen molar-refractivity contribution in [2.75, 3.05) is 11.1 Å². The van der Waals surface area contributed by atoms with Crippen LogP contribution in [0, 0.1) is 19.7 Å². The van der Waals surface area contributed by atoms with Crippen LogP contribution in [0.4, 0.5) is 21.5 Å². The van der Waals surface area contributed by atoms with Crippen molar-refractivity contribution < 1.29 is 14.0 Å². The molecule has 0 saturated heterocycles. The fraction of sp³-hybridized carbons (Fsp3) is 0.0588. The summed E-state index contributed by atoms with van der Waals surface area (Å²) < 4.78 is 13.0. The SMILES string of the molecule is Cc1ccc(C(=O)c2ccccc2)cc1N.Cc1ccc(C(=O)c2ccccc2)cc1Nc1ccc(F)cc1. The van der Waals surface area contributed by atoms with Crippen molar-refractivity contribution in [3.63, 3.8) is 0 Å². The number of hydrogen-bond donors (Lipinski definition) is 2. The lowest BCUT2D eigenvalue weighted by Gasteiger charge is -2.11. The zero-order valence-electron chi connectivity index (χ0n) is 21.8. The van der Waals surface area contributed by atoms with E-state index in [1.165, 1.54) is 12.1 Å². The van der Waals surface area contributed by atoms with Gasteiger partial charge in [0.25, 0.3) is 0 Å². The lowest BCUT2D eigenvalue weighted by atomic mass is 10.0. The third kappa shape index (κ3) is 7.05. The quantitative estimate of drug-likeness (QED) is 0.178. The zero-order chi connectivity index (χ0) is 27.8. The molecule has 5 aromatic carbocycles. The second-order valence-electron chi connectivity index (χ2n) is 9.12. The number of benzene rings is 5. The highest BCUT2D eigenvalue weighted by Gasteiger charge is 2.11. The van der Waals surface area contributed by atoms with Crippen molar-refractivity contribution in [1.29, 1.82) is 0 Å². The molecule has 0 fully saturated rings. The van der Waals surface area contributed by atoms with E-state index in [9.17, 15) is 14.0 Å². The summed E-state index contributed by atoms with van der Waals surface area (Å²) in [4.78, 5) is 24.6. The molecule has 5 rings (SSSR count). The molecule has 0 unspecified atom stereocenters. The van der Waals surface area contributed by atoms with Crippen LogP contribution in [0.1, 0.15) is 43.0 Å². The van der Waals surface area contributed by atoms with E-state index in [1.54, 1.807) is 48.5 Å². The molecule has 3 N–H and O–H groups in total. The average Bonchev–Trinajstić information content (AvgIpc) is 2.97. The van der Waals surface area contributed by atoms with Gasteiger partial charge in [0.1, 0.15) is 5.82 Å². The Hall–Kier alpha value is -5.03. The predicted molar refractivity (Wildman–Crippen MR) is 156 cm³/mol. The van der Waals surface area contributed by atoms with Gasteiger partial charge in [0.15, 0.2) is 11.6 Å². The number of carbonyl (C=O) groups excluding carboxylic acids is 2. The maximum atomic E-state index is 13.0. The van der Waals surface area contributed by atoms with Gasteiger partial charge in [-0.25, -0.2) is 4.39 Å². The fourth-order valence-electron chi connectivity index (χ4n) is 3.88. The van der Waals surface area contributed by atoms with Crippen molar-refractivity contribution in [2.24, 2.45) is 0 Å². The molecule has 0 radical (unpaired) electrons. The van der Waals surface area contributed by atoms with Gasteiger partial charge >= 0.3 is 0 Å². The van der Waals surface area contributed by atoms with E-state index in [4.69, 9.17) is 5.73 Å². The highest BCUT2D eigenvalue weighted by atomic mass is 19.1. The van der Waals surface area contributed by atoms with Crippen molar-refractivity contribution in [2.45, 2.75) is 13.8 Å². The minimum atomic E-state index is -0.278. The van der Waals surface area contributed by atoms with Crippen LogP contribution in [0.5, 0.6) is 0 Å². The van der Waals surface area contributed by atoms with Gasteiger partial charge < -0.3 is 11.1 Å². The summed E-state index contributed by atoms with van der Waals surface area (Å²) in [6, 6.07) is 35.5. The Morgan fingerprint density at radius 2 is 1.08 bits per heavy atom. The molecule has 4 nitrogen and oxygen atoms in total. The molecule has 0 bridgehead atoms. The van der Waals surface area contributed by atoms with E-state index in [-0.39, 0.29) is 17.4 Å². The van der Waals surface area contributed by atoms with Crippen molar-refractivity contribution >= 4 is 28.6 Å². The fourth-order valence-corrected chi connectivity index (χ4v) is 3.88. The molecule has 0 aliphatic heterocycles. The van der Waals surface area contributed by atoms with E-state index >= 15 is 0 Å². The molecule has 0 atom stereocenters. The van der Waals surface area contributed by atoms with Crippen LogP contribution in [0.25, 0.3) is 0 Å². The number of nitrogens with two attached hydrogens (primary N) is 1. The van der Waals surface area contributed by atoms with Gasteiger partial charge in [-0.3, -0.25) is 9.59 Å². The number of nitrogens with one attached hydrogen (secondary N) is 1. The smallest absolute Gasteiger partial charge is 0.193 e. The first-order chi connectivity index (χ1) is 18.8. The Morgan fingerprint density at radius 1 is 0.590 bits per heavy atom. The topological polar surface area (TPSA) is 72.2 Å². The second kappa shape index (κ2) is 12.5. The van der Waals surface area contributed by atoms with E-state index in [1.807, 2.05) is 74.5 Å². The Morgan fingerprint density at radius 3 is 1.59 bits per heavy atom. The first-order valence-corrected chi connectivity index (χ1v) is 12.5. The molecular formula is C34H29FN2O2. The molecule has 0 spiro atoms. The summed E-state index contributed by atoms with van der Waals surface area (Å²) in [5.41, 5.74) is 12.6. The number of ketones is 2. The molecule has 5 aromatic rings. The number of rotatable bonds is 6. The molecule has 5 heteroatoms. The van der Waals surface area contributed by atoms with Crippen LogP contribution in [-0.2, 0) is 0 Å². The van der Waals surface area contributed by atoms with Crippen LogP contribution >= 0.6 is 0 Å². The van der Waals surface area contributed by atoms with Crippen LogP contribution in [-0.4, -0.2) is 11.6 Å². The lowest BCUT2D eigenvalue weighted by Crippen LogP contribution is -2.03. The van der Waals surface area contributed by atoms with E-state index in [2.05, 4.69) is 5.32 Å². The molecule has 0 heterocycles. The third-order valence-corrected chi connectivity index (χ3v) is 6.24. The van der Waals surface area contributed by atoms with Gasteiger partial charge in [-0.05, 0) is 61.4 Å². The second-order valence-corrected chi connectivity index (χ2v) is 9.12. The molecule has 0 amide bonds. The number of halogens is 1. The molecule has 0 aliphatic carbocycles. The minimum Gasteiger partial charge on any atom is -0.398 e. The van der Waals surface area contributed by atoms with Crippen molar-refractivity contribution in [3.05, 3.63) is 161 Å². The van der Waals surface area contributed by atoms with Crippen LogP contribution < -0.4 is 11.1 Å². The lowest BCUT2D eigenvalue weighted by molar-refractivity contribution is 0.103. The van der Waals surface area contributed by atoms with Gasteiger partial charge in [0, 0.05) is 39.3 Å². The van der Waals surface area contributed by atoms with Crippen molar-refractivity contribution in [3.8, 4) is 0 Å². The molecule has 194 valence electrons.